The third-order valence-corrected chi connectivity index (χ3v) is 5.08. The molecule has 9 heteroatoms. The molecule has 0 saturated heterocycles. The fourth-order valence-corrected chi connectivity index (χ4v) is 3.27. The average molecular weight is 418 g/mol. The Morgan fingerprint density at radius 1 is 1.20 bits per heavy atom. The van der Waals surface area contributed by atoms with Crippen LogP contribution in [0.3, 0.4) is 0 Å². The van der Waals surface area contributed by atoms with Crippen molar-refractivity contribution in [3.63, 3.8) is 0 Å². The van der Waals surface area contributed by atoms with Crippen LogP contribution >= 0.6 is 0 Å². The van der Waals surface area contributed by atoms with Crippen LogP contribution in [-0.2, 0) is 25.7 Å². The van der Waals surface area contributed by atoms with Gasteiger partial charge in [-0.1, -0.05) is 12.1 Å². The van der Waals surface area contributed by atoms with Crippen molar-refractivity contribution >= 4 is 17.8 Å². The van der Waals surface area contributed by atoms with Gasteiger partial charge in [0.2, 0.25) is 0 Å². The highest BCUT2D eigenvalue weighted by Crippen LogP contribution is 2.30. The summed E-state index contributed by atoms with van der Waals surface area (Å²) in [5.74, 6) is -1.79. The number of carboxylic acid groups (broad SMARTS) is 1. The van der Waals surface area contributed by atoms with Crippen molar-refractivity contribution in [2.75, 3.05) is 26.9 Å². The maximum Gasteiger partial charge on any atom is 0.322 e. The molecular formula is C21H26N2O7. The van der Waals surface area contributed by atoms with E-state index in [4.69, 9.17) is 14.6 Å². The lowest BCUT2D eigenvalue weighted by Crippen LogP contribution is -2.49. The van der Waals surface area contributed by atoms with Gasteiger partial charge in [-0.05, 0) is 36.5 Å². The summed E-state index contributed by atoms with van der Waals surface area (Å²) >= 11 is 0. The zero-order valence-electron chi connectivity index (χ0n) is 16.8. The molecule has 1 atom stereocenters. The van der Waals surface area contributed by atoms with Crippen molar-refractivity contribution in [1.29, 1.82) is 0 Å². The molecule has 1 aliphatic carbocycles. The van der Waals surface area contributed by atoms with Gasteiger partial charge in [0, 0.05) is 20.1 Å². The summed E-state index contributed by atoms with van der Waals surface area (Å²) in [6.07, 6.45) is 2.45. The summed E-state index contributed by atoms with van der Waals surface area (Å²) in [7, 11) is 1.49. The zero-order valence-corrected chi connectivity index (χ0v) is 16.8. The van der Waals surface area contributed by atoms with Crippen LogP contribution in [0.5, 0.6) is 5.75 Å². The molecule has 3 N–H and O–H groups in total. The van der Waals surface area contributed by atoms with E-state index in [-0.39, 0.29) is 25.3 Å². The fourth-order valence-electron chi connectivity index (χ4n) is 3.27. The molecule has 1 saturated carbocycles. The number of ether oxygens (including phenoxy) is 2. The van der Waals surface area contributed by atoms with E-state index in [1.54, 1.807) is 0 Å². The molecule has 1 aliphatic heterocycles. The number of nitrogens with one attached hydrogen (secondary N) is 1. The normalized spacial score (nSPS) is 19.0. The number of methoxy groups -OCH3 is 1. The topological polar surface area (TPSA) is 125 Å². The summed E-state index contributed by atoms with van der Waals surface area (Å²) in [4.78, 5) is 37.4. The number of hydrogen-bond acceptors (Lipinski definition) is 6. The van der Waals surface area contributed by atoms with Gasteiger partial charge in [0.25, 0.3) is 11.8 Å². The molecule has 1 aromatic carbocycles. The molecule has 9 nitrogen and oxygen atoms in total. The van der Waals surface area contributed by atoms with E-state index < -0.39 is 35.9 Å². The van der Waals surface area contributed by atoms with E-state index in [9.17, 15) is 19.5 Å². The largest absolute Gasteiger partial charge is 0.511 e. The summed E-state index contributed by atoms with van der Waals surface area (Å²) in [5, 5.41) is 21.1. The van der Waals surface area contributed by atoms with Crippen molar-refractivity contribution in [3.8, 4) is 5.75 Å². The Morgan fingerprint density at radius 3 is 2.50 bits per heavy atom. The molecule has 1 heterocycles. The number of carbonyl (C=O) groups excluding carboxylic acids is 2. The van der Waals surface area contributed by atoms with Crippen LogP contribution in [-0.4, -0.2) is 65.8 Å². The van der Waals surface area contributed by atoms with Crippen LogP contribution < -0.4 is 10.1 Å². The Labute approximate surface area is 174 Å². The number of amides is 2. The lowest BCUT2D eigenvalue weighted by molar-refractivity contribution is -0.139. The number of aliphatic hydroxyl groups is 1. The number of aliphatic carboxylic acids is 1. The number of carbonyl (C=O) groups is 3. The Balaban J connectivity index is 1.72. The highest BCUT2D eigenvalue weighted by Gasteiger charge is 2.38. The van der Waals surface area contributed by atoms with Crippen LogP contribution in [0.2, 0.25) is 0 Å². The number of carboxylic acids is 1. The molecular weight excluding hydrogens is 392 g/mol. The number of nitrogens with zero attached hydrogens (tertiary/aromatic N) is 1. The van der Waals surface area contributed by atoms with Crippen LogP contribution in [0.4, 0.5) is 0 Å². The first-order valence-corrected chi connectivity index (χ1v) is 9.82. The third-order valence-electron chi connectivity index (χ3n) is 5.08. The molecule has 0 radical (unpaired) electrons. The van der Waals surface area contributed by atoms with Crippen molar-refractivity contribution < 1.29 is 34.1 Å². The maximum absolute atomic E-state index is 13.0. The van der Waals surface area contributed by atoms with Crippen molar-refractivity contribution in [3.05, 3.63) is 41.2 Å². The van der Waals surface area contributed by atoms with Gasteiger partial charge < -0.3 is 29.9 Å². The summed E-state index contributed by atoms with van der Waals surface area (Å²) in [6.45, 7) is 0.451. The summed E-state index contributed by atoms with van der Waals surface area (Å²) < 4.78 is 10.9. The second-order valence-electron chi connectivity index (χ2n) is 7.54. The summed E-state index contributed by atoms with van der Waals surface area (Å²) in [6, 6.07) is 6.92. The molecule has 0 spiro atoms. The monoisotopic (exact) mass is 418 g/mol. The van der Waals surface area contributed by atoms with E-state index in [2.05, 4.69) is 5.32 Å². The first-order chi connectivity index (χ1) is 14.4. The predicted molar refractivity (Wildman–Crippen MR) is 106 cm³/mol. The maximum atomic E-state index is 13.0. The van der Waals surface area contributed by atoms with Crippen molar-refractivity contribution in [2.45, 2.75) is 31.8 Å². The molecule has 1 fully saturated rings. The van der Waals surface area contributed by atoms with Gasteiger partial charge in [-0.25, -0.2) is 0 Å². The molecule has 0 aromatic heterocycles. The van der Waals surface area contributed by atoms with Crippen LogP contribution in [0.1, 0.15) is 24.8 Å². The Hall–Kier alpha value is -3.07. The van der Waals surface area contributed by atoms with Crippen molar-refractivity contribution in [1.82, 2.24) is 10.2 Å². The summed E-state index contributed by atoms with van der Waals surface area (Å²) in [5.41, 5.74) is 0.392. The van der Waals surface area contributed by atoms with Gasteiger partial charge in [-0.3, -0.25) is 14.4 Å². The van der Waals surface area contributed by atoms with E-state index in [1.165, 1.54) is 24.9 Å². The Bertz CT molecular complexity index is 830. The van der Waals surface area contributed by atoms with Crippen LogP contribution in [0, 0.1) is 5.92 Å². The highest BCUT2D eigenvalue weighted by molar-refractivity contribution is 6.19. The van der Waals surface area contributed by atoms with E-state index in [0.29, 0.717) is 12.5 Å². The smallest absolute Gasteiger partial charge is 0.322 e. The lowest BCUT2D eigenvalue weighted by Gasteiger charge is -2.35. The predicted octanol–water partition coefficient (Wildman–Crippen LogP) is 1.24. The molecule has 3 rings (SSSR count). The van der Waals surface area contributed by atoms with E-state index in [1.807, 2.05) is 24.3 Å². The SMILES string of the molecule is COC[C@@H]1CC(O)=C(C(=O)NCC(=O)O)C(=O)N1Cc1ccc(OCC2CC2)cc1. The van der Waals surface area contributed by atoms with Crippen LogP contribution in [0.25, 0.3) is 0 Å². The molecule has 162 valence electrons. The molecule has 1 aromatic rings. The average Bonchev–Trinajstić information content (AvgIpc) is 3.53. The molecule has 2 aliphatic rings. The van der Waals surface area contributed by atoms with E-state index >= 15 is 0 Å². The quantitative estimate of drug-likeness (QED) is 0.488. The number of aliphatic hydroxyl groups excluding tert-OH is 1. The zero-order chi connectivity index (χ0) is 21.7. The Kier molecular flexibility index (Phi) is 6.94. The first kappa shape index (κ1) is 21.6. The minimum absolute atomic E-state index is 0.0397. The molecule has 2 amide bonds. The van der Waals surface area contributed by atoms with Gasteiger partial charge in [-0.15, -0.1) is 0 Å². The van der Waals surface area contributed by atoms with Crippen molar-refractivity contribution in [2.24, 2.45) is 5.92 Å². The lowest BCUT2D eigenvalue weighted by atomic mass is 9.98. The second-order valence-corrected chi connectivity index (χ2v) is 7.54. The minimum atomic E-state index is -1.25. The molecule has 0 bridgehead atoms. The van der Waals surface area contributed by atoms with Gasteiger partial charge in [0.1, 0.15) is 23.6 Å². The second kappa shape index (κ2) is 9.62. The van der Waals surface area contributed by atoms with Gasteiger partial charge in [0.15, 0.2) is 0 Å². The fraction of sp³-hybridized carbons (Fsp3) is 0.476. The standard InChI is InChI=1S/C21H26N2O7/c1-29-12-15-8-17(24)19(20(27)22-9-18(25)26)21(28)23(15)10-13-4-6-16(7-5-13)30-11-14-2-3-14/h4-7,14-15,24H,2-3,8-12H2,1H3,(H,22,27)(H,25,26)/t15-/m0/s1. The Morgan fingerprint density at radius 2 is 1.90 bits per heavy atom. The van der Waals surface area contributed by atoms with Gasteiger partial charge in [-0.2, -0.15) is 0 Å². The number of hydrogen-bond donors (Lipinski definition) is 3. The third kappa shape index (κ3) is 5.50. The van der Waals surface area contributed by atoms with Gasteiger partial charge in [0.05, 0.1) is 19.3 Å². The minimum Gasteiger partial charge on any atom is -0.511 e. The highest BCUT2D eigenvalue weighted by atomic mass is 16.5. The molecule has 0 unspecified atom stereocenters. The van der Waals surface area contributed by atoms with Gasteiger partial charge >= 0.3 is 5.97 Å². The first-order valence-electron chi connectivity index (χ1n) is 9.82. The van der Waals surface area contributed by atoms with Crippen LogP contribution in [0.15, 0.2) is 35.6 Å². The number of benzene rings is 1. The van der Waals surface area contributed by atoms with E-state index in [0.717, 1.165) is 11.3 Å². The number of rotatable bonds is 10. The molecule has 30 heavy (non-hydrogen) atoms.